The first-order valence-corrected chi connectivity index (χ1v) is 11.5. The van der Waals surface area contributed by atoms with Gasteiger partial charge in [0.25, 0.3) is 0 Å². The van der Waals surface area contributed by atoms with E-state index in [1.165, 1.54) is 0 Å². The maximum atomic E-state index is 12.0. The summed E-state index contributed by atoms with van der Waals surface area (Å²) in [7, 11) is -2.97. The summed E-state index contributed by atoms with van der Waals surface area (Å²) in [6.45, 7) is 0.550. The van der Waals surface area contributed by atoms with Crippen molar-refractivity contribution in [3.8, 4) is 0 Å². The van der Waals surface area contributed by atoms with Gasteiger partial charge in [-0.3, -0.25) is 4.99 Å². The lowest BCUT2D eigenvalue weighted by Crippen LogP contribution is -2.47. The van der Waals surface area contributed by atoms with Crippen LogP contribution in [-0.4, -0.2) is 25.8 Å². The molecule has 142 valence electrons. The zero-order valence-corrected chi connectivity index (χ0v) is 17.0. The standard InChI is InChI=1S/C20H20Cl2N2O2S/c21-16-10-15-12-20(6-8-27(25,26)9-7-20)19(24-18(15)11-17(16)22)23-13-14-4-2-1-3-5-14/h1-5,10-11H,6-9,12-13H2,(H,23,24). The SMILES string of the molecule is O=S1(=O)CCC2(CC1)Cc1cc(Cl)c(Cl)cc1NC2=NCc1ccccc1. The highest BCUT2D eigenvalue weighted by Gasteiger charge is 2.44. The van der Waals surface area contributed by atoms with Gasteiger partial charge < -0.3 is 5.32 Å². The molecule has 7 heteroatoms. The smallest absolute Gasteiger partial charge is 0.150 e. The summed E-state index contributed by atoms with van der Waals surface area (Å²) in [5, 5.41) is 4.44. The Morgan fingerprint density at radius 1 is 1.04 bits per heavy atom. The summed E-state index contributed by atoms with van der Waals surface area (Å²) < 4.78 is 24.0. The summed E-state index contributed by atoms with van der Waals surface area (Å²) in [6.07, 6.45) is 1.85. The van der Waals surface area contributed by atoms with Gasteiger partial charge in [-0.25, -0.2) is 8.42 Å². The maximum absolute atomic E-state index is 12.0. The second kappa shape index (κ2) is 7.12. The van der Waals surface area contributed by atoms with E-state index in [0.29, 0.717) is 29.4 Å². The summed E-state index contributed by atoms with van der Waals surface area (Å²) in [6, 6.07) is 13.7. The minimum absolute atomic E-state index is 0.190. The van der Waals surface area contributed by atoms with Gasteiger partial charge >= 0.3 is 0 Å². The van der Waals surface area contributed by atoms with Gasteiger partial charge in [0.15, 0.2) is 0 Å². The molecule has 27 heavy (non-hydrogen) atoms. The Hall–Kier alpha value is -1.56. The Kier molecular flexibility index (Phi) is 4.95. The molecule has 2 aromatic rings. The van der Waals surface area contributed by atoms with Crippen molar-refractivity contribution < 1.29 is 8.42 Å². The Labute approximate surface area is 169 Å². The number of aliphatic imine (C=N–C) groups is 1. The molecule has 2 aliphatic rings. The van der Waals surface area contributed by atoms with Crippen molar-refractivity contribution >= 4 is 44.6 Å². The molecule has 0 unspecified atom stereocenters. The van der Waals surface area contributed by atoms with Gasteiger partial charge in [-0.1, -0.05) is 53.5 Å². The van der Waals surface area contributed by atoms with Crippen LogP contribution in [0.1, 0.15) is 24.0 Å². The van der Waals surface area contributed by atoms with Crippen LogP contribution >= 0.6 is 23.2 Å². The number of nitrogens with one attached hydrogen (secondary N) is 1. The first-order chi connectivity index (χ1) is 12.9. The molecule has 2 heterocycles. The number of hydrogen-bond donors (Lipinski definition) is 1. The summed E-state index contributed by atoms with van der Waals surface area (Å²) in [5.74, 6) is 1.23. The molecule has 0 aliphatic carbocycles. The van der Waals surface area contributed by atoms with E-state index in [1.54, 1.807) is 0 Å². The van der Waals surface area contributed by atoms with Gasteiger partial charge in [-0.05, 0) is 42.5 Å². The highest BCUT2D eigenvalue weighted by molar-refractivity contribution is 7.91. The lowest BCUT2D eigenvalue weighted by molar-refractivity contribution is 0.365. The number of benzene rings is 2. The molecule has 0 atom stereocenters. The average Bonchev–Trinajstić information content (AvgIpc) is 2.65. The van der Waals surface area contributed by atoms with Crippen molar-refractivity contribution in [1.29, 1.82) is 0 Å². The van der Waals surface area contributed by atoms with E-state index < -0.39 is 9.84 Å². The van der Waals surface area contributed by atoms with Gasteiger partial charge in [0.2, 0.25) is 0 Å². The number of rotatable bonds is 2. The van der Waals surface area contributed by atoms with Crippen LogP contribution in [0.4, 0.5) is 5.69 Å². The molecule has 2 aromatic carbocycles. The van der Waals surface area contributed by atoms with E-state index in [1.807, 2.05) is 42.5 Å². The lowest BCUT2D eigenvalue weighted by Gasteiger charge is -2.42. The van der Waals surface area contributed by atoms with Crippen LogP contribution in [0.2, 0.25) is 10.0 Å². The molecule has 0 aromatic heterocycles. The molecule has 1 fully saturated rings. The van der Waals surface area contributed by atoms with Crippen molar-refractivity contribution in [1.82, 2.24) is 0 Å². The Balaban J connectivity index is 1.72. The molecule has 1 spiro atoms. The van der Waals surface area contributed by atoms with E-state index in [4.69, 9.17) is 28.2 Å². The predicted molar refractivity (Wildman–Crippen MR) is 112 cm³/mol. The predicted octanol–water partition coefficient (Wildman–Crippen LogP) is 4.76. The lowest BCUT2D eigenvalue weighted by atomic mass is 9.73. The fourth-order valence-corrected chi connectivity index (χ4v) is 5.82. The Morgan fingerprint density at radius 2 is 1.70 bits per heavy atom. The van der Waals surface area contributed by atoms with Crippen LogP contribution in [0.25, 0.3) is 0 Å². The highest BCUT2D eigenvalue weighted by atomic mass is 35.5. The van der Waals surface area contributed by atoms with Crippen molar-refractivity contribution in [2.24, 2.45) is 10.4 Å². The molecule has 2 aliphatic heterocycles. The van der Waals surface area contributed by atoms with Crippen LogP contribution in [0, 0.1) is 5.41 Å². The molecule has 1 saturated heterocycles. The quantitative estimate of drug-likeness (QED) is 0.758. The number of fused-ring (bicyclic) bond motifs is 1. The number of hydrogen-bond acceptors (Lipinski definition) is 3. The number of amidine groups is 1. The second-order valence-corrected chi connectivity index (χ2v) is 10.4. The first kappa shape index (κ1) is 18.8. The van der Waals surface area contributed by atoms with Gasteiger partial charge in [0.1, 0.15) is 15.7 Å². The van der Waals surface area contributed by atoms with Crippen LogP contribution in [-0.2, 0) is 22.8 Å². The van der Waals surface area contributed by atoms with Crippen LogP contribution in [0.15, 0.2) is 47.5 Å². The number of halogens is 2. The Morgan fingerprint density at radius 3 is 2.41 bits per heavy atom. The van der Waals surface area contributed by atoms with E-state index >= 15 is 0 Å². The third kappa shape index (κ3) is 3.86. The zero-order valence-electron chi connectivity index (χ0n) is 14.7. The van der Waals surface area contributed by atoms with Gasteiger partial charge in [-0.15, -0.1) is 0 Å². The monoisotopic (exact) mass is 422 g/mol. The minimum Gasteiger partial charge on any atom is -0.343 e. The van der Waals surface area contributed by atoms with Crippen molar-refractivity contribution in [2.75, 3.05) is 16.8 Å². The zero-order chi connectivity index (χ0) is 19.1. The Bertz CT molecular complexity index is 990. The first-order valence-electron chi connectivity index (χ1n) is 8.91. The fourth-order valence-electron chi connectivity index (χ4n) is 3.86. The third-order valence-electron chi connectivity index (χ3n) is 5.48. The molecule has 4 nitrogen and oxygen atoms in total. The average molecular weight is 423 g/mol. The summed E-state index contributed by atoms with van der Waals surface area (Å²) in [4.78, 5) is 4.86. The van der Waals surface area contributed by atoms with Crippen LogP contribution in [0.3, 0.4) is 0 Å². The minimum atomic E-state index is -2.97. The topological polar surface area (TPSA) is 58.5 Å². The number of nitrogens with zero attached hydrogens (tertiary/aromatic N) is 1. The third-order valence-corrected chi connectivity index (χ3v) is 7.85. The molecule has 1 N–H and O–H groups in total. The summed E-state index contributed by atoms with van der Waals surface area (Å²) in [5.41, 5.74) is 2.77. The van der Waals surface area contributed by atoms with Crippen molar-refractivity contribution in [3.05, 3.63) is 63.6 Å². The molecule has 0 bridgehead atoms. The molecule has 4 rings (SSSR count). The molecular weight excluding hydrogens is 403 g/mol. The second-order valence-electron chi connectivity index (χ2n) is 7.31. The largest absolute Gasteiger partial charge is 0.343 e. The maximum Gasteiger partial charge on any atom is 0.150 e. The van der Waals surface area contributed by atoms with Crippen LogP contribution < -0.4 is 5.32 Å². The van der Waals surface area contributed by atoms with E-state index in [9.17, 15) is 8.42 Å². The van der Waals surface area contributed by atoms with E-state index in [2.05, 4.69) is 5.32 Å². The molecule has 0 radical (unpaired) electrons. The molecule has 0 amide bonds. The molecule has 0 saturated carbocycles. The van der Waals surface area contributed by atoms with E-state index in [-0.39, 0.29) is 16.9 Å². The van der Waals surface area contributed by atoms with Crippen molar-refractivity contribution in [3.63, 3.8) is 0 Å². The van der Waals surface area contributed by atoms with Gasteiger partial charge in [-0.2, -0.15) is 0 Å². The van der Waals surface area contributed by atoms with Crippen molar-refractivity contribution in [2.45, 2.75) is 25.8 Å². The highest BCUT2D eigenvalue weighted by Crippen LogP contribution is 2.44. The van der Waals surface area contributed by atoms with Gasteiger partial charge in [0, 0.05) is 11.1 Å². The van der Waals surface area contributed by atoms with Crippen LogP contribution in [0.5, 0.6) is 0 Å². The van der Waals surface area contributed by atoms with E-state index in [0.717, 1.165) is 29.1 Å². The van der Waals surface area contributed by atoms with Gasteiger partial charge in [0.05, 0.1) is 28.1 Å². The normalized spacial score (nSPS) is 21.6. The summed E-state index contributed by atoms with van der Waals surface area (Å²) >= 11 is 12.4. The number of anilines is 1. The number of sulfone groups is 1. The fraction of sp³-hybridized carbons (Fsp3) is 0.350. The molecular formula is C20H20Cl2N2O2S.